The van der Waals surface area contributed by atoms with E-state index >= 15 is 0 Å². The van der Waals surface area contributed by atoms with Gasteiger partial charge < -0.3 is 15.0 Å². The molecule has 5 heteroatoms. The summed E-state index contributed by atoms with van der Waals surface area (Å²) in [6.45, 7) is 2.17. The zero-order valence-corrected chi connectivity index (χ0v) is 17.4. The summed E-state index contributed by atoms with van der Waals surface area (Å²) in [5.74, 6) is 0.414. The highest BCUT2D eigenvalue weighted by molar-refractivity contribution is 5.95. The number of rotatable bonds is 5. The lowest BCUT2D eigenvalue weighted by Gasteiger charge is -2.21. The fourth-order valence-corrected chi connectivity index (χ4v) is 4.26. The van der Waals surface area contributed by atoms with Crippen LogP contribution in [0.2, 0.25) is 0 Å². The van der Waals surface area contributed by atoms with Gasteiger partial charge in [0, 0.05) is 28.9 Å². The van der Waals surface area contributed by atoms with Crippen molar-refractivity contribution in [1.29, 1.82) is 0 Å². The molecule has 1 aliphatic carbocycles. The molecular formula is C25H26N2O3. The predicted molar refractivity (Wildman–Crippen MR) is 118 cm³/mol. The molecule has 0 saturated carbocycles. The maximum absolute atomic E-state index is 12.8. The van der Waals surface area contributed by atoms with Crippen molar-refractivity contribution in [2.45, 2.75) is 39.2 Å². The molecule has 154 valence electrons. The van der Waals surface area contributed by atoms with Gasteiger partial charge in [-0.05, 0) is 67.5 Å². The molecule has 0 spiro atoms. The van der Waals surface area contributed by atoms with Crippen molar-refractivity contribution in [3.63, 3.8) is 0 Å². The summed E-state index contributed by atoms with van der Waals surface area (Å²) in [5, 5.41) is 2.92. The Labute approximate surface area is 176 Å². The zero-order chi connectivity index (χ0) is 21.1. The normalized spacial score (nSPS) is 12.9. The number of carbonyl (C=O) groups excluding carboxylic acids is 1. The van der Waals surface area contributed by atoms with Crippen molar-refractivity contribution in [2.24, 2.45) is 0 Å². The summed E-state index contributed by atoms with van der Waals surface area (Å²) in [4.78, 5) is 28.3. The third kappa shape index (κ3) is 3.88. The van der Waals surface area contributed by atoms with Gasteiger partial charge in [-0.25, -0.2) is 0 Å². The Bertz CT molecular complexity index is 1130. The second-order valence-corrected chi connectivity index (χ2v) is 7.69. The zero-order valence-electron chi connectivity index (χ0n) is 17.4. The van der Waals surface area contributed by atoms with Crippen LogP contribution in [0.3, 0.4) is 0 Å². The van der Waals surface area contributed by atoms with Crippen LogP contribution in [0.4, 0.5) is 0 Å². The Morgan fingerprint density at radius 1 is 1.07 bits per heavy atom. The Morgan fingerprint density at radius 2 is 1.80 bits per heavy atom. The van der Waals surface area contributed by atoms with E-state index in [1.807, 2.05) is 43.3 Å². The van der Waals surface area contributed by atoms with E-state index in [2.05, 4.69) is 10.3 Å². The minimum atomic E-state index is -0.225. The average molecular weight is 402 g/mol. The van der Waals surface area contributed by atoms with E-state index in [1.54, 1.807) is 19.2 Å². The van der Waals surface area contributed by atoms with Crippen molar-refractivity contribution < 1.29 is 9.53 Å². The number of amides is 1. The molecule has 3 aromatic rings. The van der Waals surface area contributed by atoms with Crippen LogP contribution in [0, 0.1) is 6.92 Å². The van der Waals surface area contributed by atoms with Gasteiger partial charge in [-0.2, -0.15) is 0 Å². The first-order valence-corrected chi connectivity index (χ1v) is 10.3. The number of carbonyl (C=O) groups is 1. The molecule has 30 heavy (non-hydrogen) atoms. The Hall–Kier alpha value is -3.34. The number of nitrogens with one attached hydrogen (secondary N) is 2. The van der Waals surface area contributed by atoms with Gasteiger partial charge in [0.25, 0.3) is 11.5 Å². The van der Waals surface area contributed by atoms with E-state index < -0.39 is 0 Å². The lowest BCUT2D eigenvalue weighted by Crippen LogP contribution is -2.30. The minimum Gasteiger partial charge on any atom is -0.496 e. The highest BCUT2D eigenvalue weighted by atomic mass is 16.5. The van der Waals surface area contributed by atoms with Crippen molar-refractivity contribution >= 4 is 5.91 Å². The number of aryl methyl sites for hydroxylation is 1. The molecule has 0 fully saturated rings. The fourth-order valence-electron chi connectivity index (χ4n) is 4.26. The van der Waals surface area contributed by atoms with E-state index in [4.69, 9.17) is 4.74 Å². The Kier molecular flexibility index (Phi) is 5.70. The molecule has 0 saturated heterocycles. The first-order valence-electron chi connectivity index (χ1n) is 10.3. The van der Waals surface area contributed by atoms with Crippen molar-refractivity contribution in [1.82, 2.24) is 10.3 Å². The third-order valence-electron chi connectivity index (χ3n) is 5.83. The molecule has 4 rings (SSSR count). The van der Waals surface area contributed by atoms with Gasteiger partial charge in [-0.15, -0.1) is 0 Å². The number of methoxy groups -OCH3 is 1. The molecule has 2 N–H and O–H groups in total. The van der Waals surface area contributed by atoms with Crippen LogP contribution in [-0.4, -0.2) is 18.0 Å². The van der Waals surface area contributed by atoms with Gasteiger partial charge in [0.15, 0.2) is 0 Å². The summed E-state index contributed by atoms with van der Waals surface area (Å²) in [6.07, 6.45) is 4.09. The molecule has 0 unspecified atom stereocenters. The number of pyridine rings is 1. The number of H-pyrrole nitrogens is 1. The van der Waals surface area contributed by atoms with E-state index in [0.29, 0.717) is 16.9 Å². The smallest absolute Gasteiger partial charge is 0.253 e. The SMILES string of the molecule is COc1cc(C(=O)NCc2c3c(c(C)[nH]c2=O)CCCC3)ccc1-c1ccccc1. The second-order valence-electron chi connectivity index (χ2n) is 7.69. The molecule has 1 aromatic heterocycles. The van der Waals surface area contributed by atoms with Gasteiger partial charge in [0.2, 0.25) is 0 Å². The number of hydrogen-bond donors (Lipinski definition) is 2. The lowest BCUT2D eigenvalue weighted by atomic mass is 9.88. The van der Waals surface area contributed by atoms with Gasteiger partial charge in [0.05, 0.1) is 7.11 Å². The third-order valence-corrected chi connectivity index (χ3v) is 5.83. The average Bonchev–Trinajstić information content (AvgIpc) is 2.79. The first kappa shape index (κ1) is 20.0. The van der Waals surface area contributed by atoms with Crippen LogP contribution in [-0.2, 0) is 19.4 Å². The van der Waals surface area contributed by atoms with Gasteiger partial charge >= 0.3 is 0 Å². The topological polar surface area (TPSA) is 71.2 Å². The maximum Gasteiger partial charge on any atom is 0.253 e. The quantitative estimate of drug-likeness (QED) is 0.673. The molecular weight excluding hydrogens is 376 g/mol. The van der Waals surface area contributed by atoms with E-state index in [1.165, 1.54) is 5.56 Å². The second kappa shape index (κ2) is 8.57. The van der Waals surface area contributed by atoms with Gasteiger partial charge in [-0.1, -0.05) is 30.3 Å². The molecule has 1 aliphatic rings. The first-order chi connectivity index (χ1) is 14.6. The molecule has 0 aliphatic heterocycles. The summed E-state index contributed by atoms with van der Waals surface area (Å²) >= 11 is 0. The highest BCUT2D eigenvalue weighted by Gasteiger charge is 2.19. The number of aromatic nitrogens is 1. The standard InChI is InChI=1S/C25H26N2O3/c1-16-19-10-6-7-11-21(19)22(25(29)27-16)15-26-24(28)18-12-13-20(23(14-18)30-2)17-8-4-3-5-9-17/h3-5,8-9,12-14H,6-7,10-11,15H2,1-2H3,(H,26,28)(H,27,29). The van der Waals surface area contributed by atoms with Crippen LogP contribution in [0.25, 0.3) is 11.1 Å². The van der Waals surface area contributed by atoms with E-state index in [-0.39, 0.29) is 18.0 Å². The van der Waals surface area contributed by atoms with Crippen LogP contribution in [0.5, 0.6) is 5.75 Å². The lowest BCUT2D eigenvalue weighted by molar-refractivity contribution is 0.0950. The summed E-state index contributed by atoms with van der Waals surface area (Å²) in [5.41, 5.74) is 6.33. The summed E-state index contributed by atoms with van der Waals surface area (Å²) in [6, 6.07) is 15.3. The molecule has 5 nitrogen and oxygen atoms in total. The van der Waals surface area contributed by atoms with Crippen molar-refractivity contribution in [2.75, 3.05) is 7.11 Å². The molecule has 0 radical (unpaired) electrons. The number of benzene rings is 2. The van der Waals surface area contributed by atoms with Crippen LogP contribution < -0.4 is 15.6 Å². The summed E-state index contributed by atoms with van der Waals surface area (Å²) < 4.78 is 5.53. The molecule has 1 amide bonds. The van der Waals surface area contributed by atoms with Crippen LogP contribution in [0.1, 0.15) is 45.6 Å². The maximum atomic E-state index is 12.8. The number of fused-ring (bicyclic) bond motifs is 1. The van der Waals surface area contributed by atoms with Gasteiger partial charge in [0.1, 0.15) is 5.75 Å². The predicted octanol–water partition coefficient (Wildman–Crippen LogP) is 4.17. The number of aromatic amines is 1. The molecule has 0 bridgehead atoms. The molecule has 2 aromatic carbocycles. The highest BCUT2D eigenvalue weighted by Crippen LogP contribution is 2.31. The monoisotopic (exact) mass is 402 g/mol. The van der Waals surface area contributed by atoms with E-state index in [9.17, 15) is 9.59 Å². The Morgan fingerprint density at radius 3 is 2.53 bits per heavy atom. The number of hydrogen-bond acceptors (Lipinski definition) is 3. The van der Waals surface area contributed by atoms with Crippen LogP contribution >= 0.6 is 0 Å². The summed E-state index contributed by atoms with van der Waals surface area (Å²) in [7, 11) is 1.60. The minimum absolute atomic E-state index is 0.106. The van der Waals surface area contributed by atoms with Crippen LogP contribution in [0.15, 0.2) is 53.3 Å². The molecule has 1 heterocycles. The number of ether oxygens (including phenoxy) is 1. The van der Waals surface area contributed by atoms with Crippen molar-refractivity contribution in [3.8, 4) is 16.9 Å². The Balaban J connectivity index is 1.56. The largest absolute Gasteiger partial charge is 0.496 e. The van der Waals surface area contributed by atoms with Gasteiger partial charge in [-0.3, -0.25) is 9.59 Å². The fraction of sp³-hybridized carbons (Fsp3) is 0.280. The molecule has 0 atom stereocenters. The van der Waals surface area contributed by atoms with E-state index in [0.717, 1.165) is 48.1 Å². The van der Waals surface area contributed by atoms with Crippen molar-refractivity contribution in [3.05, 3.63) is 86.8 Å².